The number of quaternary nitrogens is 1. The van der Waals surface area contributed by atoms with Crippen LogP contribution in [0, 0.1) is 0 Å². The van der Waals surface area contributed by atoms with Gasteiger partial charge in [-0.15, -0.1) is 0 Å². The van der Waals surface area contributed by atoms with Crippen LogP contribution in [0.4, 0.5) is 5.69 Å². The third-order valence-corrected chi connectivity index (χ3v) is 6.19. The number of rotatable bonds is 14. The molecule has 0 radical (unpaired) electrons. The molecule has 0 bridgehead atoms. The zero-order valence-corrected chi connectivity index (χ0v) is 24.5. The molecule has 2 rings (SSSR count). The van der Waals surface area contributed by atoms with Crippen molar-refractivity contribution < 1.29 is 38.0 Å². The van der Waals surface area contributed by atoms with E-state index in [0.717, 1.165) is 46.4 Å². The van der Waals surface area contributed by atoms with Crippen LogP contribution in [0.15, 0.2) is 42.5 Å². The van der Waals surface area contributed by atoms with E-state index >= 15 is 0 Å². The van der Waals surface area contributed by atoms with Crippen LogP contribution in [0.2, 0.25) is 5.02 Å². The number of ether oxygens (including phenoxy) is 1. The maximum atomic E-state index is 13.3. The standard InChI is InChI=1S/C28H42ClN2O2.HI/c1-6-7-8-9-10-11-12-13-28(32)30(20-21-31(2,3)4)25-18-19-27(33-5)26(22-25)23-14-16-24(29)17-15-23;/h14-19,22H,6-13,20-21H2,1-5H3;1H/q+1;/p-1. The SMILES string of the molecule is CCCCCCCCCC(=O)N(CC[N+](C)(C)C)c1ccc(OC)c(-c2ccc(Cl)cc2)c1.[I-]. The molecular formula is C28H42ClIN2O2. The van der Waals surface area contributed by atoms with Crippen LogP contribution < -0.4 is 33.6 Å². The second-order valence-corrected chi connectivity index (χ2v) is 10.3. The Kier molecular flexibility index (Phi) is 14.1. The second kappa shape index (κ2) is 15.6. The van der Waals surface area contributed by atoms with Crippen molar-refractivity contribution in [2.45, 2.75) is 58.3 Å². The maximum Gasteiger partial charge on any atom is 0.227 e. The van der Waals surface area contributed by atoms with Gasteiger partial charge in [-0.05, 0) is 42.3 Å². The Bertz CT molecular complexity index is 866. The first-order chi connectivity index (χ1) is 15.7. The summed E-state index contributed by atoms with van der Waals surface area (Å²) >= 11 is 6.09. The number of amides is 1. The molecule has 1 amide bonds. The number of hydrogen-bond donors (Lipinski definition) is 0. The van der Waals surface area contributed by atoms with Crippen LogP contribution in [-0.4, -0.2) is 51.7 Å². The van der Waals surface area contributed by atoms with Gasteiger partial charge in [-0.25, -0.2) is 0 Å². The average Bonchev–Trinajstić information content (AvgIpc) is 2.78. The quantitative estimate of drug-likeness (QED) is 0.185. The summed E-state index contributed by atoms with van der Waals surface area (Å²) in [5, 5.41) is 0.698. The fourth-order valence-corrected chi connectivity index (χ4v) is 4.01. The largest absolute Gasteiger partial charge is 1.00 e. The minimum atomic E-state index is 0. The highest BCUT2D eigenvalue weighted by Gasteiger charge is 2.20. The Balaban J connectivity index is 0.00000578. The number of likely N-dealkylation sites (N-methyl/N-ethyl adjacent to an activating group) is 1. The number of carbonyl (C=O) groups excluding carboxylic acids is 1. The first-order valence-corrected chi connectivity index (χ1v) is 12.7. The highest BCUT2D eigenvalue weighted by atomic mass is 127. The number of benzene rings is 2. The molecule has 0 aromatic heterocycles. The second-order valence-electron chi connectivity index (χ2n) is 9.82. The minimum absolute atomic E-state index is 0. The minimum Gasteiger partial charge on any atom is -1.00 e. The van der Waals surface area contributed by atoms with E-state index in [1.807, 2.05) is 41.3 Å². The van der Waals surface area contributed by atoms with Gasteiger partial charge in [0.25, 0.3) is 0 Å². The Morgan fingerprint density at radius 2 is 1.56 bits per heavy atom. The fourth-order valence-electron chi connectivity index (χ4n) is 3.88. The molecule has 6 heteroatoms. The topological polar surface area (TPSA) is 29.5 Å². The van der Waals surface area contributed by atoms with E-state index in [2.05, 4.69) is 34.1 Å². The van der Waals surface area contributed by atoms with E-state index < -0.39 is 0 Å². The number of unbranched alkanes of at least 4 members (excludes halogenated alkanes) is 6. The van der Waals surface area contributed by atoms with Gasteiger partial charge in [-0.1, -0.05) is 69.2 Å². The lowest BCUT2D eigenvalue weighted by atomic mass is 10.0. The first-order valence-electron chi connectivity index (χ1n) is 12.3. The molecular weight excluding hydrogens is 559 g/mol. The van der Waals surface area contributed by atoms with Gasteiger partial charge in [0.05, 0.1) is 41.3 Å². The highest BCUT2D eigenvalue weighted by molar-refractivity contribution is 6.30. The van der Waals surface area contributed by atoms with Crippen molar-refractivity contribution in [1.29, 1.82) is 0 Å². The number of carbonyl (C=O) groups is 1. The number of anilines is 1. The molecule has 34 heavy (non-hydrogen) atoms. The number of methoxy groups -OCH3 is 1. The first kappa shape index (κ1) is 30.7. The fraction of sp³-hybridized carbons (Fsp3) is 0.536. The average molecular weight is 601 g/mol. The number of hydrogen-bond acceptors (Lipinski definition) is 2. The van der Waals surface area contributed by atoms with E-state index in [4.69, 9.17) is 16.3 Å². The van der Waals surface area contributed by atoms with Crippen LogP contribution in [0.5, 0.6) is 5.75 Å². The van der Waals surface area contributed by atoms with Crippen LogP contribution in [0.25, 0.3) is 11.1 Å². The van der Waals surface area contributed by atoms with Gasteiger partial charge in [-0.3, -0.25) is 4.79 Å². The van der Waals surface area contributed by atoms with Crippen molar-refractivity contribution in [2.75, 3.05) is 46.2 Å². The molecule has 0 N–H and O–H groups in total. The summed E-state index contributed by atoms with van der Waals surface area (Å²) < 4.78 is 6.43. The Hall–Kier alpha value is -1.31. The lowest BCUT2D eigenvalue weighted by molar-refractivity contribution is -0.868. The Morgan fingerprint density at radius 3 is 2.15 bits per heavy atom. The number of nitrogens with zero attached hydrogens (tertiary/aromatic N) is 2. The molecule has 0 saturated carbocycles. The predicted octanol–water partition coefficient (Wildman–Crippen LogP) is 4.20. The third-order valence-electron chi connectivity index (χ3n) is 5.94. The van der Waals surface area contributed by atoms with Crippen LogP contribution in [-0.2, 0) is 4.79 Å². The summed E-state index contributed by atoms with van der Waals surface area (Å²) in [5.74, 6) is 0.983. The maximum absolute atomic E-state index is 13.3. The van der Waals surface area contributed by atoms with Crippen LogP contribution in [0.1, 0.15) is 58.3 Å². The Morgan fingerprint density at radius 1 is 0.941 bits per heavy atom. The lowest BCUT2D eigenvalue weighted by Gasteiger charge is -2.29. The molecule has 2 aromatic rings. The molecule has 0 aliphatic heterocycles. The summed E-state index contributed by atoms with van der Waals surface area (Å²) in [7, 11) is 8.15. The van der Waals surface area contributed by atoms with E-state index in [1.165, 1.54) is 32.1 Å². The van der Waals surface area contributed by atoms with E-state index in [-0.39, 0.29) is 29.9 Å². The Labute approximate surface area is 229 Å². The van der Waals surface area contributed by atoms with Crippen molar-refractivity contribution in [3.05, 3.63) is 47.5 Å². The number of halogens is 2. The van der Waals surface area contributed by atoms with E-state index in [0.29, 0.717) is 18.0 Å². The van der Waals surface area contributed by atoms with Gasteiger partial charge in [0, 0.05) is 22.7 Å². The van der Waals surface area contributed by atoms with Crippen molar-refractivity contribution in [2.24, 2.45) is 0 Å². The van der Waals surface area contributed by atoms with E-state index in [1.54, 1.807) is 7.11 Å². The monoisotopic (exact) mass is 600 g/mol. The molecule has 0 heterocycles. The molecule has 0 aliphatic rings. The molecule has 0 aliphatic carbocycles. The molecule has 0 saturated heterocycles. The predicted molar refractivity (Wildman–Crippen MR) is 141 cm³/mol. The normalized spacial score (nSPS) is 11.1. The summed E-state index contributed by atoms with van der Waals surface area (Å²) in [6.45, 7) is 3.80. The van der Waals surface area contributed by atoms with Gasteiger partial charge < -0.3 is 38.1 Å². The molecule has 0 fully saturated rings. The van der Waals surface area contributed by atoms with Crippen molar-refractivity contribution in [3.8, 4) is 16.9 Å². The van der Waals surface area contributed by atoms with Gasteiger partial charge in [0.15, 0.2) is 0 Å². The van der Waals surface area contributed by atoms with Crippen LogP contribution >= 0.6 is 11.6 Å². The summed E-state index contributed by atoms with van der Waals surface area (Å²) in [6, 6.07) is 13.8. The lowest BCUT2D eigenvalue weighted by Crippen LogP contribution is -3.00. The zero-order valence-electron chi connectivity index (χ0n) is 21.6. The zero-order chi connectivity index (χ0) is 24.3. The van der Waals surface area contributed by atoms with Gasteiger partial charge in [0.1, 0.15) is 5.75 Å². The molecule has 190 valence electrons. The summed E-state index contributed by atoms with van der Waals surface area (Å²) in [5.41, 5.74) is 2.90. The smallest absolute Gasteiger partial charge is 0.227 e. The van der Waals surface area contributed by atoms with Crippen molar-refractivity contribution in [1.82, 2.24) is 0 Å². The molecule has 0 atom stereocenters. The van der Waals surface area contributed by atoms with Crippen LogP contribution in [0.3, 0.4) is 0 Å². The van der Waals surface area contributed by atoms with Gasteiger partial charge >= 0.3 is 0 Å². The third kappa shape index (κ3) is 10.5. The molecule has 0 spiro atoms. The van der Waals surface area contributed by atoms with Gasteiger partial charge in [0.2, 0.25) is 5.91 Å². The van der Waals surface area contributed by atoms with Crippen molar-refractivity contribution in [3.63, 3.8) is 0 Å². The van der Waals surface area contributed by atoms with Crippen molar-refractivity contribution >= 4 is 23.2 Å². The molecule has 2 aromatic carbocycles. The van der Waals surface area contributed by atoms with E-state index in [9.17, 15) is 4.79 Å². The molecule has 0 unspecified atom stereocenters. The summed E-state index contributed by atoms with van der Waals surface area (Å²) in [6.07, 6.45) is 9.03. The van der Waals surface area contributed by atoms with Gasteiger partial charge in [-0.2, -0.15) is 0 Å². The molecule has 4 nitrogen and oxygen atoms in total. The summed E-state index contributed by atoms with van der Waals surface area (Å²) in [4.78, 5) is 15.3. The highest BCUT2D eigenvalue weighted by Crippen LogP contribution is 2.34.